The van der Waals surface area contributed by atoms with E-state index in [-0.39, 0.29) is 12.5 Å². The molecule has 29 heavy (non-hydrogen) atoms. The SMILES string of the molecule is COc1ccc2c(c1)CC(CN(OC(=O)OC(C)(C)C)C(=O)OC(C)(C)C)CS2. The van der Waals surface area contributed by atoms with Crippen LogP contribution in [0.4, 0.5) is 9.59 Å². The van der Waals surface area contributed by atoms with Gasteiger partial charge in [-0.25, -0.2) is 9.59 Å². The van der Waals surface area contributed by atoms with E-state index < -0.39 is 23.5 Å². The van der Waals surface area contributed by atoms with Crippen LogP contribution >= 0.6 is 11.8 Å². The zero-order chi connectivity index (χ0) is 21.8. The average molecular weight is 426 g/mol. The molecule has 1 aromatic rings. The first kappa shape index (κ1) is 23.2. The van der Waals surface area contributed by atoms with Gasteiger partial charge in [-0.15, -0.1) is 16.8 Å². The highest BCUT2D eigenvalue weighted by atomic mass is 32.2. The molecule has 1 unspecified atom stereocenters. The van der Waals surface area contributed by atoms with Crippen molar-refractivity contribution in [1.29, 1.82) is 0 Å². The Hall–Kier alpha value is -2.09. The summed E-state index contributed by atoms with van der Waals surface area (Å²) in [4.78, 5) is 31.2. The maximum absolute atomic E-state index is 12.6. The van der Waals surface area contributed by atoms with Crippen LogP contribution in [-0.4, -0.2) is 47.9 Å². The van der Waals surface area contributed by atoms with Crippen molar-refractivity contribution >= 4 is 24.0 Å². The van der Waals surface area contributed by atoms with Crippen molar-refractivity contribution in [2.45, 2.75) is 64.1 Å². The van der Waals surface area contributed by atoms with Crippen LogP contribution in [0.5, 0.6) is 5.75 Å². The summed E-state index contributed by atoms with van der Waals surface area (Å²) in [6.45, 7) is 10.7. The topological polar surface area (TPSA) is 74.3 Å². The molecule has 0 spiro atoms. The van der Waals surface area contributed by atoms with E-state index in [9.17, 15) is 9.59 Å². The Balaban J connectivity index is 2.11. The standard InChI is InChI=1S/C21H31NO6S/c1-20(2,3)26-18(23)22(28-19(24)27-21(4,5)6)12-14-10-15-11-16(25-7)8-9-17(15)29-13-14/h8-9,11,14H,10,12-13H2,1-7H3. The van der Waals surface area contributed by atoms with Gasteiger partial charge in [0.15, 0.2) is 0 Å². The summed E-state index contributed by atoms with van der Waals surface area (Å²) >= 11 is 1.71. The van der Waals surface area contributed by atoms with Crippen molar-refractivity contribution in [1.82, 2.24) is 5.06 Å². The van der Waals surface area contributed by atoms with E-state index in [4.69, 9.17) is 19.0 Å². The van der Waals surface area contributed by atoms with Gasteiger partial charge in [0.2, 0.25) is 0 Å². The molecular weight excluding hydrogens is 394 g/mol. The van der Waals surface area contributed by atoms with Gasteiger partial charge in [-0.3, -0.25) is 0 Å². The number of amides is 1. The fourth-order valence-corrected chi connectivity index (χ4v) is 3.86. The number of hydrogen-bond acceptors (Lipinski definition) is 7. The van der Waals surface area contributed by atoms with Crippen LogP contribution in [0.25, 0.3) is 0 Å². The minimum atomic E-state index is -0.936. The highest BCUT2D eigenvalue weighted by Gasteiger charge is 2.31. The van der Waals surface area contributed by atoms with Gasteiger partial charge >= 0.3 is 12.2 Å². The normalized spacial score (nSPS) is 16.4. The summed E-state index contributed by atoms with van der Waals surface area (Å²) in [5.41, 5.74) is -0.298. The Kier molecular flexibility index (Phi) is 7.32. The molecule has 0 fully saturated rings. The molecule has 0 aromatic heterocycles. The summed E-state index contributed by atoms with van der Waals surface area (Å²) < 4.78 is 15.9. The Morgan fingerprint density at radius 1 is 1.10 bits per heavy atom. The Morgan fingerprint density at radius 2 is 1.76 bits per heavy atom. The molecule has 0 bridgehead atoms. The molecule has 0 saturated carbocycles. The third-order valence-corrected chi connectivity index (χ3v) is 5.19. The molecule has 1 heterocycles. The lowest BCUT2D eigenvalue weighted by atomic mass is 10.00. The molecule has 1 amide bonds. The number of ether oxygens (including phenoxy) is 3. The van der Waals surface area contributed by atoms with Gasteiger partial charge in [-0.2, -0.15) is 0 Å². The Labute approximate surface area is 177 Å². The van der Waals surface area contributed by atoms with Crippen molar-refractivity contribution in [3.63, 3.8) is 0 Å². The number of nitrogens with zero attached hydrogens (tertiary/aromatic N) is 1. The molecule has 7 nitrogen and oxygen atoms in total. The second kappa shape index (κ2) is 9.15. The van der Waals surface area contributed by atoms with E-state index in [2.05, 4.69) is 0 Å². The van der Waals surface area contributed by atoms with E-state index in [1.165, 1.54) is 4.90 Å². The summed E-state index contributed by atoms with van der Waals surface area (Å²) in [5, 5.41) is 0.968. The van der Waals surface area contributed by atoms with Crippen LogP contribution in [-0.2, 0) is 20.7 Å². The Morgan fingerprint density at radius 3 is 2.34 bits per heavy atom. The lowest BCUT2D eigenvalue weighted by molar-refractivity contribution is -0.140. The van der Waals surface area contributed by atoms with Crippen LogP contribution in [0.3, 0.4) is 0 Å². The predicted octanol–water partition coefficient (Wildman–Crippen LogP) is 5.06. The maximum Gasteiger partial charge on any atom is 0.534 e. The van der Waals surface area contributed by atoms with Crippen LogP contribution < -0.4 is 4.74 Å². The molecule has 0 saturated heterocycles. The lowest BCUT2D eigenvalue weighted by Gasteiger charge is -2.31. The number of benzene rings is 1. The molecule has 0 aliphatic carbocycles. The van der Waals surface area contributed by atoms with Crippen molar-refractivity contribution in [3.05, 3.63) is 23.8 Å². The molecule has 162 valence electrons. The highest BCUT2D eigenvalue weighted by Crippen LogP contribution is 2.35. The number of thioether (sulfide) groups is 1. The number of rotatable bonds is 3. The third kappa shape index (κ3) is 7.68. The second-order valence-electron chi connectivity index (χ2n) is 8.95. The predicted molar refractivity (Wildman–Crippen MR) is 111 cm³/mol. The van der Waals surface area contributed by atoms with Gasteiger partial charge in [0.1, 0.15) is 17.0 Å². The van der Waals surface area contributed by atoms with Gasteiger partial charge in [-0.05, 0) is 77.6 Å². The lowest BCUT2D eigenvalue weighted by Crippen LogP contribution is -2.43. The largest absolute Gasteiger partial charge is 0.534 e. The molecule has 1 aromatic carbocycles. The highest BCUT2D eigenvalue weighted by molar-refractivity contribution is 7.99. The van der Waals surface area contributed by atoms with Gasteiger partial charge in [0, 0.05) is 10.6 Å². The molecule has 1 aliphatic rings. The van der Waals surface area contributed by atoms with Gasteiger partial charge < -0.3 is 19.0 Å². The number of carbonyl (C=O) groups excluding carboxylic acids is 2. The smallest absolute Gasteiger partial charge is 0.497 e. The molecule has 1 aliphatic heterocycles. The number of hydrogen-bond donors (Lipinski definition) is 0. The maximum atomic E-state index is 12.6. The van der Waals surface area contributed by atoms with Crippen LogP contribution in [0, 0.1) is 5.92 Å². The van der Waals surface area contributed by atoms with Gasteiger partial charge in [0.25, 0.3) is 0 Å². The summed E-state index contributed by atoms with van der Waals surface area (Å²) in [5.74, 6) is 1.66. The van der Waals surface area contributed by atoms with E-state index in [1.807, 2.05) is 18.2 Å². The number of methoxy groups -OCH3 is 1. The van der Waals surface area contributed by atoms with Crippen LogP contribution in [0.2, 0.25) is 0 Å². The fraction of sp³-hybridized carbons (Fsp3) is 0.619. The van der Waals surface area contributed by atoms with Crippen LogP contribution in [0.1, 0.15) is 47.1 Å². The fourth-order valence-electron chi connectivity index (χ4n) is 2.73. The second-order valence-corrected chi connectivity index (χ2v) is 10.0. The molecule has 0 radical (unpaired) electrons. The van der Waals surface area contributed by atoms with Crippen molar-refractivity contribution < 1.29 is 28.6 Å². The first-order chi connectivity index (χ1) is 13.4. The minimum absolute atomic E-state index is 0.0783. The monoisotopic (exact) mass is 425 g/mol. The third-order valence-electron chi connectivity index (χ3n) is 3.85. The molecule has 1 atom stereocenters. The number of hydroxylamine groups is 2. The van der Waals surface area contributed by atoms with Crippen molar-refractivity contribution in [3.8, 4) is 5.75 Å². The number of carbonyl (C=O) groups is 2. The van der Waals surface area contributed by atoms with Gasteiger partial charge in [-0.1, -0.05) is 0 Å². The Bertz CT molecular complexity index is 738. The average Bonchev–Trinajstić information content (AvgIpc) is 2.57. The van der Waals surface area contributed by atoms with E-state index in [1.54, 1.807) is 60.4 Å². The van der Waals surface area contributed by atoms with E-state index in [0.29, 0.717) is 0 Å². The first-order valence-corrected chi connectivity index (χ1v) is 10.6. The summed E-state index contributed by atoms with van der Waals surface area (Å²) in [7, 11) is 1.63. The summed E-state index contributed by atoms with van der Waals surface area (Å²) in [6, 6.07) is 5.98. The molecule has 8 heteroatoms. The van der Waals surface area contributed by atoms with Crippen molar-refractivity contribution in [2.75, 3.05) is 19.4 Å². The summed E-state index contributed by atoms with van der Waals surface area (Å²) in [6.07, 6.45) is -0.921. The van der Waals surface area contributed by atoms with Crippen LogP contribution in [0.15, 0.2) is 23.1 Å². The van der Waals surface area contributed by atoms with Crippen molar-refractivity contribution in [2.24, 2.45) is 5.92 Å². The molecule has 2 rings (SSSR count). The zero-order valence-corrected chi connectivity index (χ0v) is 19.1. The van der Waals surface area contributed by atoms with Gasteiger partial charge in [0.05, 0.1) is 13.7 Å². The molecule has 0 N–H and O–H groups in total. The van der Waals surface area contributed by atoms with E-state index in [0.717, 1.165) is 28.5 Å². The zero-order valence-electron chi connectivity index (χ0n) is 18.2. The number of fused-ring (bicyclic) bond motifs is 1. The quantitative estimate of drug-likeness (QED) is 0.495. The minimum Gasteiger partial charge on any atom is -0.497 e. The van der Waals surface area contributed by atoms with E-state index >= 15 is 0 Å². The first-order valence-electron chi connectivity index (χ1n) is 9.57. The molecular formula is C21H31NO6S.